The Morgan fingerprint density at radius 1 is 1.13 bits per heavy atom. The van der Waals surface area contributed by atoms with Crippen LogP contribution in [0, 0.1) is 0 Å². The Balaban J connectivity index is 1.68. The molecule has 2 N–H and O–H groups in total. The summed E-state index contributed by atoms with van der Waals surface area (Å²) in [5.41, 5.74) is -0.403. The van der Waals surface area contributed by atoms with Crippen LogP contribution >= 0.6 is 0 Å². The second-order valence-corrected chi connectivity index (χ2v) is 7.69. The smallest absolute Gasteiger partial charge is 0.329 e. The molecule has 9 nitrogen and oxygen atoms in total. The Bertz CT molecular complexity index is 1110. The highest BCUT2D eigenvalue weighted by Gasteiger charge is 2.24. The fraction of sp³-hybridized carbons (Fsp3) is 0.476. The molecule has 1 saturated heterocycles. The summed E-state index contributed by atoms with van der Waals surface area (Å²) >= 11 is 0. The number of aryl methyl sites for hydroxylation is 1. The zero-order chi connectivity index (χ0) is 21.1. The van der Waals surface area contributed by atoms with E-state index in [-0.39, 0.29) is 18.7 Å². The average Bonchev–Trinajstić information content (AvgIpc) is 2.92. The summed E-state index contributed by atoms with van der Waals surface area (Å²) in [6.45, 7) is 1.86. The van der Waals surface area contributed by atoms with Crippen molar-refractivity contribution in [2.24, 2.45) is 7.05 Å². The topological polar surface area (TPSA) is 105 Å². The number of anilines is 1. The van der Waals surface area contributed by atoms with Gasteiger partial charge in [-0.25, -0.2) is 4.79 Å². The number of ether oxygens (including phenoxy) is 1. The van der Waals surface area contributed by atoms with Crippen LogP contribution in [0.3, 0.4) is 0 Å². The van der Waals surface area contributed by atoms with E-state index in [4.69, 9.17) is 4.74 Å². The Hall–Kier alpha value is -3.07. The Kier molecular flexibility index (Phi) is 5.89. The Labute approximate surface area is 173 Å². The van der Waals surface area contributed by atoms with Crippen molar-refractivity contribution in [1.82, 2.24) is 19.1 Å². The number of aromatic amines is 1. The van der Waals surface area contributed by atoms with Crippen molar-refractivity contribution in [3.8, 4) is 5.75 Å². The molecule has 0 saturated carbocycles. The summed E-state index contributed by atoms with van der Waals surface area (Å²) in [6.07, 6.45) is 3.54. The molecule has 0 bridgehead atoms. The molecule has 9 heteroatoms. The van der Waals surface area contributed by atoms with Gasteiger partial charge in [-0.1, -0.05) is 31.0 Å². The summed E-state index contributed by atoms with van der Waals surface area (Å²) in [5, 5.41) is 10.7. The second-order valence-electron chi connectivity index (χ2n) is 7.69. The highest BCUT2D eigenvalue weighted by molar-refractivity contribution is 5.74. The van der Waals surface area contributed by atoms with Crippen molar-refractivity contribution in [2.75, 3.05) is 24.6 Å². The van der Waals surface area contributed by atoms with E-state index >= 15 is 0 Å². The van der Waals surface area contributed by atoms with Crippen LogP contribution in [0.4, 0.5) is 5.95 Å². The molecule has 0 spiro atoms. The van der Waals surface area contributed by atoms with E-state index in [9.17, 15) is 14.7 Å². The van der Waals surface area contributed by atoms with E-state index in [0.29, 0.717) is 17.3 Å². The van der Waals surface area contributed by atoms with Crippen LogP contribution in [0.25, 0.3) is 11.2 Å². The molecule has 3 heterocycles. The number of nitrogens with one attached hydrogen (secondary N) is 1. The summed E-state index contributed by atoms with van der Waals surface area (Å²) < 4.78 is 8.72. The maximum absolute atomic E-state index is 12.6. The zero-order valence-electron chi connectivity index (χ0n) is 17.1. The highest BCUT2D eigenvalue weighted by Crippen LogP contribution is 2.23. The van der Waals surface area contributed by atoms with Crippen molar-refractivity contribution in [3.63, 3.8) is 0 Å². The first-order valence-corrected chi connectivity index (χ1v) is 10.3. The molecule has 1 aromatic carbocycles. The van der Waals surface area contributed by atoms with Gasteiger partial charge in [0.25, 0.3) is 5.56 Å². The molecule has 160 valence electrons. The van der Waals surface area contributed by atoms with Crippen LogP contribution in [0.5, 0.6) is 5.75 Å². The molecule has 1 atom stereocenters. The van der Waals surface area contributed by atoms with Gasteiger partial charge in [-0.05, 0) is 25.0 Å². The highest BCUT2D eigenvalue weighted by atomic mass is 16.5. The quantitative estimate of drug-likeness (QED) is 0.630. The number of H-pyrrole nitrogens is 1. The maximum Gasteiger partial charge on any atom is 0.329 e. The summed E-state index contributed by atoms with van der Waals surface area (Å²) in [4.78, 5) is 33.8. The summed E-state index contributed by atoms with van der Waals surface area (Å²) in [6, 6.07) is 9.26. The van der Waals surface area contributed by atoms with Crippen LogP contribution < -0.4 is 20.9 Å². The lowest BCUT2D eigenvalue weighted by atomic mass is 10.2. The number of nitrogens with zero attached hydrogens (tertiary/aromatic N) is 4. The van der Waals surface area contributed by atoms with Crippen LogP contribution in [-0.4, -0.2) is 50.0 Å². The van der Waals surface area contributed by atoms with Gasteiger partial charge < -0.3 is 19.3 Å². The lowest BCUT2D eigenvalue weighted by Gasteiger charge is -2.23. The van der Waals surface area contributed by atoms with Crippen molar-refractivity contribution in [3.05, 3.63) is 51.2 Å². The third-order valence-corrected chi connectivity index (χ3v) is 5.45. The number of aliphatic hydroxyl groups is 1. The number of aliphatic hydroxyl groups excluding tert-OH is 1. The molecular formula is C21H27N5O4. The average molecular weight is 413 g/mol. The minimum absolute atomic E-state index is 0.0762. The van der Waals surface area contributed by atoms with Gasteiger partial charge >= 0.3 is 5.69 Å². The zero-order valence-corrected chi connectivity index (χ0v) is 17.1. The molecule has 30 heavy (non-hydrogen) atoms. The van der Waals surface area contributed by atoms with E-state index in [1.807, 2.05) is 30.3 Å². The number of benzene rings is 1. The first kappa shape index (κ1) is 20.2. The molecule has 2 aromatic heterocycles. The second kappa shape index (κ2) is 8.74. The van der Waals surface area contributed by atoms with Crippen LogP contribution in [0.2, 0.25) is 0 Å². The number of hydrogen-bond acceptors (Lipinski definition) is 6. The van der Waals surface area contributed by atoms with Gasteiger partial charge in [0.05, 0.1) is 6.54 Å². The number of hydrogen-bond donors (Lipinski definition) is 2. The van der Waals surface area contributed by atoms with Crippen molar-refractivity contribution in [1.29, 1.82) is 0 Å². The van der Waals surface area contributed by atoms with E-state index in [2.05, 4.69) is 14.9 Å². The molecule has 1 fully saturated rings. The molecule has 4 rings (SSSR count). The van der Waals surface area contributed by atoms with Gasteiger partial charge in [0.1, 0.15) is 18.5 Å². The van der Waals surface area contributed by atoms with Crippen molar-refractivity contribution in [2.45, 2.75) is 38.3 Å². The first-order chi connectivity index (χ1) is 14.5. The van der Waals surface area contributed by atoms with Gasteiger partial charge in [0, 0.05) is 20.1 Å². The number of rotatable bonds is 6. The van der Waals surface area contributed by atoms with Crippen molar-refractivity contribution < 1.29 is 9.84 Å². The number of para-hydroxylation sites is 1. The van der Waals surface area contributed by atoms with Gasteiger partial charge in [0.2, 0.25) is 5.95 Å². The van der Waals surface area contributed by atoms with E-state index in [0.717, 1.165) is 38.8 Å². The predicted molar refractivity (Wildman–Crippen MR) is 114 cm³/mol. The fourth-order valence-corrected chi connectivity index (χ4v) is 3.88. The summed E-state index contributed by atoms with van der Waals surface area (Å²) in [5.74, 6) is 1.28. The molecule has 1 aliphatic rings. The number of fused-ring (bicyclic) bond motifs is 1. The minimum Gasteiger partial charge on any atom is -0.491 e. The number of aromatic nitrogens is 4. The number of imidazole rings is 1. The third-order valence-electron chi connectivity index (χ3n) is 5.45. The van der Waals surface area contributed by atoms with Gasteiger partial charge in [0.15, 0.2) is 11.2 Å². The van der Waals surface area contributed by atoms with E-state index in [1.54, 1.807) is 11.6 Å². The molecular weight excluding hydrogens is 386 g/mol. The lowest BCUT2D eigenvalue weighted by molar-refractivity contribution is 0.0936. The lowest BCUT2D eigenvalue weighted by Crippen LogP contribution is -2.32. The standard InChI is InChI=1S/C21H27N5O4/c1-24-18-17(19(28)23-21(24)29)26(20(22-18)25-11-7-2-3-8-12-25)13-15(27)14-30-16-9-5-4-6-10-16/h4-6,9-10,15,27H,2-3,7-8,11-14H2,1H3,(H,23,28,29). The maximum atomic E-state index is 12.6. The minimum atomic E-state index is -0.857. The largest absolute Gasteiger partial charge is 0.491 e. The van der Waals surface area contributed by atoms with Crippen LogP contribution in [-0.2, 0) is 13.6 Å². The first-order valence-electron chi connectivity index (χ1n) is 10.3. The molecule has 0 radical (unpaired) electrons. The molecule has 3 aromatic rings. The molecule has 1 aliphatic heterocycles. The SMILES string of the molecule is Cn1c(=O)[nH]c(=O)c2c1nc(N1CCCCCC1)n2CC(O)COc1ccccc1. The van der Waals surface area contributed by atoms with Gasteiger partial charge in [-0.2, -0.15) is 4.98 Å². The molecule has 0 amide bonds. The fourth-order valence-electron chi connectivity index (χ4n) is 3.88. The third kappa shape index (κ3) is 4.11. The van der Waals surface area contributed by atoms with E-state index < -0.39 is 17.4 Å². The molecule has 1 unspecified atom stereocenters. The van der Waals surface area contributed by atoms with Gasteiger partial charge in [-0.3, -0.25) is 14.3 Å². The normalized spacial score (nSPS) is 15.9. The Morgan fingerprint density at radius 2 is 1.83 bits per heavy atom. The monoisotopic (exact) mass is 413 g/mol. The predicted octanol–water partition coefficient (Wildman–Crippen LogP) is 1.24. The van der Waals surface area contributed by atoms with Crippen LogP contribution in [0.15, 0.2) is 39.9 Å². The van der Waals surface area contributed by atoms with Crippen LogP contribution in [0.1, 0.15) is 25.7 Å². The summed E-state index contributed by atoms with van der Waals surface area (Å²) in [7, 11) is 1.58. The molecule has 0 aliphatic carbocycles. The van der Waals surface area contributed by atoms with Crippen molar-refractivity contribution >= 4 is 17.1 Å². The Morgan fingerprint density at radius 3 is 2.53 bits per heavy atom. The van der Waals surface area contributed by atoms with E-state index in [1.165, 1.54) is 4.57 Å². The van der Waals surface area contributed by atoms with Gasteiger partial charge in [-0.15, -0.1) is 0 Å².